The minimum Gasteiger partial charge on any atom is -0.492 e. The second-order valence-corrected chi connectivity index (χ2v) is 9.82. The molecule has 0 spiro atoms. The maximum Gasteiger partial charge on any atom is 0.417 e. The average Bonchev–Trinajstić information content (AvgIpc) is 2.78. The Morgan fingerprint density at radius 1 is 1.15 bits per heavy atom. The molecule has 7 nitrogen and oxygen atoms in total. The topological polar surface area (TPSA) is 79.0 Å². The maximum absolute atomic E-state index is 13.1. The second-order valence-electron chi connectivity index (χ2n) is 7.70. The van der Waals surface area contributed by atoms with Gasteiger partial charge < -0.3 is 14.5 Å². The van der Waals surface area contributed by atoms with Crippen LogP contribution in [-0.2, 0) is 21.0 Å². The molecule has 0 bridgehead atoms. The van der Waals surface area contributed by atoms with E-state index < -0.39 is 43.6 Å². The summed E-state index contributed by atoms with van der Waals surface area (Å²) in [7, 11) is -4.39. The van der Waals surface area contributed by atoms with Crippen molar-refractivity contribution >= 4 is 33.2 Å². The van der Waals surface area contributed by atoms with Crippen molar-refractivity contribution < 1.29 is 31.1 Å². The number of hydrogen-bond acceptors (Lipinski definition) is 5. The number of ether oxygens (including phenoxy) is 1. The van der Waals surface area contributed by atoms with Gasteiger partial charge in [-0.2, -0.15) is 17.9 Å². The lowest BCUT2D eigenvalue weighted by Gasteiger charge is -2.37. The third-order valence-electron chi connectivity index (χ3n) is 5.35. The maximum atomic E-state index is 13.1. The summed E-state index contributed by atoms with van der Waals surface area (Å²) in [6.45, 7) is 5.50. The Balaban J connectivity index is 1.66. The Morgan fingerprint density at radius 2 is 1.79 bits per heavy atom. The number of nitrogens with zero attached hydrogens (tertiary/aromatic N) is 2. The van der Waals surface area contributed by atoms with Gasteiger partial charge in [0, 0.05) is 26.2 Å². The molecule has 1 aliphatic heterocycles. The van der Waals surface area contributed by atoms with Crippen molar-refractivity contribution in [3.63, 3.8) is 0 Å². The van der Waals surface area contributed by atoms with Crippen LogP contribution in [0.5, 0.6) is 5.75 Å². The van der Waals surface area contributed by atoms with Crippen LogP contribution >= 0.6 is 11.6 Å². The van der Waals surface area contributed by atoms with Gasteiger partial charge in [0.1, 0.15) is 5.75 Å². The zero-order valence-electron chi connectivity index (χ0n) is 18.6. The number of benzene rings is 2. The Kier molecular flexibility index (Phi) is 7.99. The highest BCUT2D eigenvalue weighted by molar-refractivity contribution is 7.89. The molecule has 1 amide bonds. The Hall–Kier alpha value is -2.50. The van der Waals surface area contributed by atoms with Gasteiger partial charge in [-0.3, -0.25) is 4.79 Å². The highest BCUT2D eigenvalue weighted by Gasteiger charge is 2.35. The fraction of sp³-hybridized carbons (Fsp3) is 0.409. The number of rotatable bonds is 7. The largest absolute Gasteiger partial charge is 0.492 e. The lowest BCUT2D eigenvalue weighted by Crippen LogP contribution is -2.54. The number of anilines is 1. The Morgan fingerprint density at radius 3 is 2.41 bits per heavy atom. The highest BCUT2D eigenvalue weighted by Crippen LogP contribution is 2.36. The van der Waals surface area contributed by atoms with Gasteiger partial charge in [-0.1, -0.05) is 23.7 Å². The number of amides is 1. The SMILES string of the molecule is CCOc1ccccc1N1CCN(C(=O)[C@H](C)NS(=O)(=O)c2ccc(Cl)c(C(F)(F)F)c2)CC1. The molecule has 186 valence electrons. The van der Waals surface area contributed by atoms with E-state index in [1.165, 1.54) is 11.8 Å². The first-order chi connectivity index (χ1) is 15.9. The minimum absolute atomic E-state index is 0.352. The van der Waals surface area contributed by atoms with Gasteiger partial charge in [-0.05, 0) is 44.2 Å². The number of carbonyl (C=O) groups excluding carboxylic acids is 1. The molecule has 1 atom stereocenters. The van der Waals surface area contributed by atoms with E-state index in [9.17, 15) is 26.4 Å². The first-order valence-corrected chi connectivity index (χ1v) is 12.4. The van der Waals surface area contributed by atoms with Crippen molar-refractivity contribution in [3.05, 3.63) is 53.1 Å². The van der Waals surface area contributed by atoms with Gasteiger partial charge in [0.15, 0.2) is 0 Å². The van der Waals surface area contributed by atoms with Gasteiger partial charge in [0.2, 0.25) is 15.9 Å². The third-order valence-corrected chi connectivity index (χ3v) is 7.22. The Bertz CT molecular complexity index is 1140. The standard InChI is InChI=1S/C22H25ClF3N3O4S/c1-3-33-20-7-5-4-6-19(20)28-10-12-29(13-11-28)21(30)15(2)27-34(31,32)16-8-9-18(23)17(14-16)22(24,25)26/h4-9,14-15,27H,3,10-13H2,1-2H3/t15-/m0/s1. The Labute approximate surface area is 201 Å². The van der Waals surface area contributed by atoms with Crippen LogP contribution < -0.4 is 14.4 Å². The van der Waals surface area contributed by atoms with Crippen molar-refractivity contribution in [1.82, 2.24) is 9.62 Å². The predicted molar refractivity (Wildman–Crippen MR) is 123 cm³/mol. The van der Waals surface area contributed by atoms with E-state index >= 15 is 0 Å². The molecule has 0 saturated carbocycles. The summed E-state index contributed by atoms with van der Waals surface area (Å²) in [6, 6.07) is 8.69. The number of carbonyl (C=O) groups is 1. The number of halogens is 4. The van der Waals surface area contributed by atoms with Crippen molar-refractivity contribution in [2.75, 3.05) is 37.7 Å². The third kappa shape index (κ3) is 5.94. The van der Waals surface area contributed by atoms with Crippen molar-refractivity contribution in [2.24, 2.45) is 0 Å². The van der Waals surface area contributed by atoms with Crippen LogP contribution in [0.3, 0.4) is 0 Å². The summed E-state index contributed by atoms with van der Waals surface area (Å²) in [6.07, 6.45) is -4.81. The zero-order valence-corrected chi connectivity index (χ0v) is 20.2. The number of alkyl halides is 3. The molecule has 1 aliphatic rings. The summed E-state index contributed by atoms with van der Waals surface area (Å²) in [5.74, 6) is 0.276. The molecule has 34 heavy (non-hydrogen) atoms. The summed E-state index contributed by atoms with van der Waals surface area (Å²) in [5, 5.41) is -0.612. The molecular formula is C22H25ClF3N3O4S. The van der Waals surface area contributed by atoms with Crippen LogP contribution in [0.4, 0.5) is 18.9 Å². The van der Waals surface area contributed by atoms with Crippen molar-refractivity contribution in [2.45, 2.75) is 31.0 Å². The second kappa shape index (κ2) is 10.4. The number of nitrogens with one attached hydrogen (secondary N) is 1. The van der Waals surface area contributed by atoms with E-state index in [1.807, 2.05) is 31.2 Å². The molecule has 0 aromatic heterocycles. The van der Waals surface area contributed by atoms with Gasteiger partial charge in [0.25, 0.3) is 0 Å². The van der Waals surface area contributed by atoms with E-state index in [0.717, 1.165) is 23.6 Å². The lowest BCUT2D eigenvalue weighted by atomic mass is 10.2. The molecule has 2 aromatic carbocycles. The van der Waals surface area contributed by atoms with Gasteiger partial charge in [-0.25, -0.2) is 8.42 Å². The molecular weight excluding hydrogens is 495 g/mol. The normalized spacial score (nSPS) is 15.8. The average molecular weight is 520 g/mol. The first kappa shape index (κ1) is 26.1. The van der Waals surface area contributed by atoms with E-state index in [2.05, 4.69) is 9.62 Å². The minimum atomic E-state index is -4.81. The summed E-state index contributed by atoms with van der Waals surface area (Å²) in [4.78, 5) is 15.8. The lowest BCUT2D eigenvalue weighted by molar-refractivity contribution is -0.137. The summed E-state index contributed by atoms with van der Waals surface area (Å²) >= 11 is 5.56. The van der Waals surface area contributed by atoms with E-state index in [0.29, 0.717) is 38.9 Å². The van der Waals surface area contributed by atoms with Crippen LogP contribution in [-0.4, -0.2) is 58.1 Å². The van der Waals surface area contributed by atoms with Crippen LogP contribution in [0, 0.1) is 0 Å². The molecule has 2 aromatic rings. The van der Waals surface area contributed by atoms with E-state index in [1.54, 1.807) is 0 Å². The van der Waals surface area contributed by atoms with Crippen LogP contribution in [0.2, 0.25) is 5.02 Å². The van der Waals surface area contributed by atoms with Gasteiger partial charge in [-0.15, -0.1) is 0 Å². The van der Waals surface area contributed by atoms with Crippen molar-refractivity contribution in [1.29, 1.82) is 0 Å². The predicted octanol–water partition coefficient (Wildman–Crippen LogP) is 3.77. The first-order valence-electron chi connectivity index (χ1n) is 10.6. The fourth-order valence-corrected chi connectivity index (χ4v) is 5.12. The smallest absolute Gasteiger partial charge is 0.417 e. The number of para-hydroxylation sites is 2. The quantitative estimate of drug-likeness (QED) is 0.602. The van der Waals surface area contributed by atoms with Gasteiger partial charge in [0.05, 0.1) is 33.8 Å². The molecule has 1 fully saturated rings. The van der Waals surface area contributed by atoms with Crippen LogP contribution in [0.25, 0.3) is 0 Å². The molecule has 1 saturated heterocycles. The summed E-state index contributed by atoms with van der Waals surface area (Å²) < 4.78 is 72.4. The molecule has 0 aliphatic carbocycles. The number of sulfonamides is 1. The molecule has 1 heterocycles. The van der Waals surface area contributed by atoms with Crippen molar-refractivity contribution in [3.8, 4) is 5.75 Å². The molecule has 1 N–H and O–H groups in total. The molecule has 12 heteroatoms. The molecule has 0 radical (unpaired) electrons. The monoisotopic (exact) mass is 519 g/mol. The molecule has 0 unspecified atom stereocenters. The zero-order chi connectivity index (χ0) is 25.1. The number of hydrogen-bond donors (Lipinski definition) is 1. The van der Waals surface area contributed by atoms with Gasteiger partial charge >= 0.3 is 6.18 Å². The highest BCUT2D eigenvalue weighted by atomic mass is 35.5. The molecule has 3 rings (SSSR count). The summed E-state index contributed by atoms with van der Waals surface area (Å²) in [5.41, 5.74) is -0.354. The van der Waals surface area contributed by atoms with Crippen LogP contribution in [0.1, 0.15) is 19.4 Å². The van der Waals surface area contributed by atoms with Crippen LogP contribution in [0.15, 0.2) is 47.4 Å². The fourth-order valence-electron chi connectivity index (χ4n) is 3.68. The number of piperazine rings is 1. The van der Waals surface area contributed by atoms with E-state index in [-0.39, 0.29) is 0 Å². The van der Waals surface area contributed by atoms with E-state index in [4.69, 9.17) is 16.3 Å².